The maximum atomic E-state index is 12.9. The van der Waals surface area contributed by atoms with E-state index in [1.54, 1.807) is 15.5 Å². The highest BCUT2D eigenvalue weighted by Crippen LogP contribution is 2.36. The molecule has 2 bridgehead atoms. The molecule has 1 fully saturated rings. The van der Waals surface area contributed by atoms with Crippen molar-refractivity contribution in [2.45, 2.75) is 25.1 Å². The SMILES string of the molecule is O=C(c1cccc(C(F)(F)F)c1)N1C[C@H]2C[C@@H](C1)c1cccc(=O)n1C2. The van der Waals surface area contributed by atoms with E-state index in [1.165, 1.54) is 18.2 Å². The Morgan fingerprint density at radius 1 is 1.04 bits per heavy atom. The average Bonchev–Trinajstić information content (AvgIpc) is 2.61. The van der Waals surface area contributed by atoms with Crippen molar-refractivity contribution < 1.29 is 18.0 Å². The van der Waals surface area contributed by atoms with Crippen LogP contribution >= 0.6 is 0 Å². The molecule has 2 aliphatic rings. The van der Waals surface area contributed by atoms with Crippen LogP contribution in [0.4, 0.5) is 13.2 Å². The molecule has 0 aliphatic carbocycles. The largest absolute Gasteiger partial charge is 0.416 e. The standard InChI is InChI=1S/C19H17F3N2O2/c20-19(21,22)15-4-1-3-13(8-15)18(26)23-9-12-7-14(11-23)16-5-2-6-17(25)24(16)10-12/h1-6,8,12,14H,7,9-11H2/t12-,14+/m1/s1. The lowest BCUT2D eigenvalue weighted by Gasteiger charge is -2.42. The van der Waals surface area contributed by atoms with E-state index in [1.807, 2.05) is 6.07 Å². The first-order chi connectivity index (χ1) is 12.3. The van der Waals surface area contributed by atoms with Crippen LogP contribution in [0, 0.1) is 5.92 Å². The van der Waals surface area contributed by atoms with Gasteiger partial charge in [-0.1, -0.05) is 12.1 Å². The van der Waals surface area contributed by atoms with Crippen LogP contribution in [0.1, 0.15) is 34.0 Å². The highest BCUT2D eigenvalue weighted by atomic mass is 19.4. The summed E-state index contributed by atoms with van der Waals surface area (Å²) < 4.78 is 40.5. The molecule has 1 saturated heterocycles. The van der Waals surface area contributed by atoms with E-state index >= 15 is 0 Å². The van der Waals surface area contributed by atoms with E-state index in [4.69, 9.17) is 0 Å². The molecule has 4 nitrogen and oxygen atoms in total. The molecule has 2 aromatic rings. The molecule has 7 heteroatoms. The first kappa shape index (κ1) is 16.9. The number of benzene rings is 1. The topological polar surface area (TPSA) is 42.3 Å². The minimum atomic E-state index is -4.48. The molecular weight excluding hydrogens is 345 g/mol. The zero-order valence-corrected chi connectivity index (χ0v) is 13.9. The van der Waals surface area contributed by atoms with Crippen LogP contribution < -0.4 is 5.56 Å². The Balaban J connectivity index is 1.61. The van der Waals surface area contributed by atoms with E-state index in [0.717, 1.165) is 24.2 Å². The summed E-state index contributed by atoms with van der Waals surface area (Å²) in [6.07, 6.45) is -3.59. The van der Waals surface area contributed by atoms with E-state index in [2.05, 4.69) is 0 Å². The molecule has 1 amide bonds. The zero-order chi connectivity index (χ0) is 18.5. The number of amides is 1. The third-order valence-corrected chi connectivity index (χ3v) is 5.20. The number of hydrogen-bond acceptors (Lipinski definition) is 2. The molecule has 4 rings (SSSR count). The van der Waals surface area contributed by atoms with Crippen LogP contribution in [0.2, 0.25) is 0 Å². The number of likely N-dealkylation sites (tertiary alicyclic amines) is 1. The van der Waals surface area contributed by atoms with Crippen molar-refractivity contribution in [1.82, 2.24) is 9.47 Å². The second kappa shape index (κ2) is 6.00. The van der Waals surface area contributed by atoms with Gasteiger partial charge in [-0.25, -0.2) is 0 Å². The predicted molar refractivity (Wildman–Crippen MR) is 88.9 cm³/mol. The summed E-state index contributed by atoms with van der Waals surface area (Å²) in [5.41, 5.74) is 0.0767. The molecule has 2 aliphatic heterocycles. The lowest BCUT2D eigenvalue weighted by molar-refractivity contribution is -0.137. The van der Waals surface area contributed by atoms with Gasteiger partial charge in [0, 0.05) is 42.9 Å². The van der Waals surface area contributed by atoms with Gasteiger partial charge in [-0.2, -0.15) is 13.2 Å². The summed E-state index contributed by atoms with van der Waals surface area (Å²) in [7, 11) is 0. The van der Waals surface area contributed by atoms with Gasteiger partial charge in [0.1, 0.15) is 0 Å². The second-order valence-corrected chi connectivity index (χ2v) is 6.99. The molecule has 0 saturated carbocycles. The number of halogens is 3. The van der Waals surface area contributed by atoms with Crippen molar-refractivity contribution in [1.29, 1.82) is 0 Å². The molecule has 0 N–H and O–H groups in total. The first-order valence-electron chi connectivity index (χ1n) is 8.49. The fraction of sp³-hybridized carbons (Fsp3) is 0.368. The number of nitrogens with zero attached hydrogens (tertiary/aromatic N) is 2. The van der Waals surface area contributed by atoms with Crippen LogP contribution in [0.25, 0.3) is 0 Å². The quantitative estimate of drug-likeness (QED) is 0.782. The van der Waals surface area contributed by atoms with Gasteiger partial charge >= 0.3 is 6.18 Å². The summed E-state index contributed by atoms with van der Waals surface area (Å²) in [5, 5.41) is 0. The number of aromatic nitrogens is 1. The number of piperidine rings is 1. The Kier molecular flexibility index (Phi) is 3.89. The molecule has 0 unspecified atom stereocenters. The van der Waals surface area contributed by atoms with Gasteiger partial charge in [-0.05, 0) is 36.6 Å². The highest BCUT2D eigenvalue weighted by molar-refractivity contribution is 5.94. The number of fused-ring (bicyclic) bond motifs is 4. The molecule has 136 valence electrons. The predicted octanol–water partition coefficient (Wildman–Crippen LogP) is 3.13. The lowest BCUT2D eigenvalue weighted by Crippen LogP contribution is -2.49. The Hall–Kier alpha value is -2.57. The molecule has 2 atom stereocenters. The van der Waals surface area contributed by atoms with E-state index in [0.29, 0.717) is 19.6 Å². The van der Waals surface area contributed by atoms with Crippen molar-refractivity contribution in [3.05, 3.63) is 69.6 Å². The lowest BCUT2D eigenvalue weighted by atomic mass is 9.83. The molecule has 26 heavy (non-hydrogen) atoms. The fourth-order valence-corrected chi connectivity index (χ4v) is 4.07. The Morgan fingerprint density at radius 3 is 2.58 bits per heavy atom. The Morgan fingerprint density at radius 2 is 1.81 bits per heavy atom. The van der Waals surface area contributed by atoms with Gasteiger partial charge < -0.3 is 9.47 Å². The maximum absolute atomic E-state index is 12.9. The van der Waals surface area contributed by atoms with Gasteiger partial charge in [0.25, 0.3) is 11.5 Å². The maximum Gasteiger partial charge on any atom is 0.416 e. The fourth-order valence-electron chi connectivity index (χ4n) is 4.07. The number of rotatable bonds is 1. The summed E-state index contributed by atoms with van der Waals surface area (Å²) >= 11 is 0. The number of alkyl halides is 3. The molecular formula is C19H17F3N2O2. The van der Waals surface area contributed by atoms with Crippen LogP contribution in [-0.2, 0) is 12.7 Å². The number of carbonyl (C=O) groups excluding carboxylic acids is 1. The first-order valence-corrected chi connectivity index (χ1v) is 8.49. The Labute approximate surface area is 147 Å². The third-order valence-electron chi connectivity index (χ3n) is 5.20. The molecule has 1 aromatic heterocycles. The molecule has 0 spiro atoms. The normalized spacial score (nSPS) is 22.0. The summed E-state index contributed by atoms with van der Waals surface area (Å²) in [6, 6.07) is 9.67. The van der Waals surface area contributed by atoms with E-state index in [-0.39, 0.29) is 23.0 Å². The van der Waals surface area contributed by atoms with Crippen LogP contribution in [0.5, 0.6) is 0 Å². The van der Waals surface area contributed by atoms with Gasteiger partial charge in [0.15, 0.2) is 0 Å². The van der Waals surface area contributed by atoms with E-state index in [9.17, 15) is 22.8 Å². The zero-order valence-electron chi connectivity index (χ0n) is 13.9. The molecule has 0 radical (unpaired) electrons. The van der Waals surface area contributed by atoms with Gasteiger partial charge in [-0.15, -0.1) is 0 Å². The smallest absolute Gasteiger partial charge is 0.338 e. The van der Waals surface area contributed by atoms with Gasteiger partial charge in [-0.3, -0.25) is 9.59 Å². The van der Waals surface area contributed by atoms with Crippen molar-refractivity contribution >= 4 is 5.91 Å². The highest BCUT2D eigenvalue weighted by Gasteiger charge is 2.37. The van der Waals surface area contributed by atoms with Crippen molar-refractivity contribution in [3.63, 3.8) is 0 Å². The number of pyridine rings is 1. The minimum absolute atomic E-state index is 0.0335. The molecule has 3 heterocycles. The van der Waals surface area contributed by atoms with Crippen LogP contribution in [-0.4, -0.2) is 28.5 Å². The van der Waals surface area contributed by atoms with Crippen LogP contribution in [0.15, 0.2) is 47.3 Å². The summed E-state index contributed by atoms with van der Waals surface area (Å²) in [6.45, 7) is 1.40. The summed E-state index contributed by atoms with van der Waals surface area (Å²) in [4.78, 5) is 26.4. The van der Waals surface area contributed by atoms with Crippen molar-refractivity contribution in [2.75, 3.05) is 13.1 Å². The minimum Gasteiger partial charge on any atom is -0.338 e. The van der Waals surface area contributed by atoms with Crippen molar-refractivity contribution in [3.8, 4) is 0 Å². The van der Waals surface area contributed by atoms with E-state index < -0.39 is 17.6 Å². The third kappa shape index (κ3) is 2.91. The molecule has 1 aromatic carbocycles. The number of carbonyl (C=O) groups is 1. The van der Waals surface area contributed by atoms with Crippen molar-refractivity contribution in [2.24, 2.45) is 5.92 Å². The van der Waals surface area contributed by atoms with Crippen LogP contribution in [0.3, 0.4) is 0 Å². The van der Waals surface area contributed by atoms with Gasteiger partial charge in [0.05, 0.1) is 5.56 Å². The monoisotopic (exact) mass is 362 g/mol. The Bertz CT molecular complexity index is 919. The summed E-state index contributed by atoms with van der Waals surface area (Å²) in [5.74, 6) is -0.222. The number of hydrogen-bond donors (Lipinski definition) is 0. The van der Waals surface area contributed by atoms with Gasteiger partial charge in [0.2, 0.25) is 0 Å². The average molecular weight is 362 g/mol. The second-order valence-electron chi connectivity index (χ2n) is 6.99.